The number of carbonyl (C=O) groups is 1. The number of amides is 1. The maximum absolute atomic E-state index is 13.0. The lowest BCUT2D eigenvalue weighted by atomic mass is 9.68. The molecule has 0 N–H and O–H groups in total. The third-order valence-corrected chi connectivity index (χ3v) is 7.11. The number of benzene rings is 2. The standard InChI is InChI=1S/C30H43NO4/c1-7-29(32)31(21-24-12-14-25(15-13-24)35-23(4)5)18-16-30(17-19-34-28(20-30)22(2)3)26-10-8-9-11-27(26)33-6/h8-15,22-23,28H,7,16-21H2,1-6H3/t28-,30+/m0/s1. The molecule has 1 amide bonds. The summed E-state index contributed by atoms with van der Waals surface area (Å²) in [6.45, 7) is 12.4. The molecule has 1 fully saturated rings. The van der Waals surface area contributed by atoms with Gasteiger partial charge >= 0.3 is 0 Å². The third-order valence-electron chi connectivity index (χ3n) is 7.11. The van der Waals surface area contributed by atoms with Gasteiger partial charge in [0.25, 0.3) is 0 Å². The molecule has 0 radical (unpaired) electrons. The van der Waals surface area contributed by atoms with Gasteiger partial charge in [0.2, 0.25) is 5.91 Å². The highest BCUT2D eigenvalue weighted by atomic mass is 16.5. The van der Waals surface area contributed by atoms with Crippen LogP contribution < -0.4 is 9.47 Å². The molecular formula is C30H43NO4. The summed E-state index contributed by atoms with van der Waals surface area (Å²) in [6.07, 6.45) is 3.55. The first-order chi connectivity index (χ1) is 16.8. The highest BCUT2D eigenvalue weighted by Gasteiger charge is 2.41. The number of carbonyl (C=O) groups excluding carboxylic acids is 1. The lowest BCUT2D eigenvalue weighted by Gasteiger charge is -2.44. The Kier molecular flexibility index (Phi) is 9.62. The first-order valence-electron chi connectivity index (χ1n) is 13.1. The summed E-state index contributed by atoms with van der Waals surface area (Å²) in [5.41, 5.74) is 2.25. The van der Waals surface area contributed by atoms with Crippen LogP contribution in [0.2, 0.25) is 0 Å². The molecule has 1 aliphatic heterocycles. The Hall–Kier alpha value is -2.53. The molecule has 0 aliphatic carbocycles. The van der Waals surface area contributed by atoms with Crippen molar-refractivity contribution in [3.05, 3.63) is 59.7 Å². The summed E-state index contributed by atoms with van der Waals surface area (Å²) in [5, 5.41) is 0. The normalized spacial score (nSPS) is 20.2. The number of hydrogen-bond donors (Lipinski definition) is 0. The lowest BCUT2D eigenvalue weighted by molar-refractivity contribution is -0.132. The van der Waals surface area contributed by atoms with E-state index >= 15 is 0 Å². The minimum Gasteiger partial charge on any atom is -0.496 e. The molecule has 0 bridgehead atoms. The van der Waals surface area contributed by atoms with E-state index in [1.807, 2.05) is 49.9 Å². The van der Waals surface area contributed by atoms with E-state index in [9.17, 15) is 4.79 Å². The maximum Gasteiger partial charge on any atom is 0.222 e. The summed E-state index contributed by atoms with van der Waals surface area (Å²) in [5.74, 6) is 2.39. The van der Waals surface area contributed by atoms with Gasteiger partial charge in [0, 0.05) is 37.1 Å². The number of ether oxygens (including phenoxy) is 3. The number of rotatable bonds is 11. The largest absolute Gasteiger partial charge is 0.496 e. The molecule has 1 saturated heterocycles. The topological polar surface area (TPSA) is 48.0 Å². The number of para-hydroxylation sites is 1. The minimum atomic E-state index is -0.0962. The second kappa shape index (κ2) is 12.4. The van der Waals surface area contributed by atoms with E-state index in [2.05, 4.69) is 38.1 Å². The number of nitrogens with zero attached hydrogens (tertiary/aromatic N) is 1. The van der Waals surface area contributed by atoms with Crippen molar-refractivity contribution in [2.75, 3.05) is 20.3 Å². The van der Waals surface area contributed by atoms with E-state index in [4.69, 9.17) is 14.2 Å². The highest BCUT2D eigenvalue weighted by molar-refractivity contribution is 5.75. The zero-order valence-corrected chi connectivity index (χ0v) is 22.4. The van der Waals surface area contributed by atoms with Crippen molar-refractivity contribution in [2.45, 2.75) is 84.5 Å². The number of methoxy groups -OCH3 is 1. The second-order valence-corrected chi connectivity index (χ2v) is 10.3. The van der Waals surface area contributed by atoms with Crippen molar-refractivity contribution in [1.82, 2.24) is 4.90 Å². The van der Waals surface area contributed by atoms with Gasteiger partial charge in [-0.05, 0) is 62.8 Å². The Morgan fingerprint density at radius 2 is 1.83 bits per heavy atom. The first kappa shape index (κ1) is 27.1. The van der Waals surface area contributed by atoms with Crippen LogP contribution in [0.25, 0.3) is 0 Å². The molecule has 0 spiro atoms. The van der Waals surface area contributed by atoms with Crippen molar-refractivity contribution < 1.29 is 19.0 Å². The molecule has 2 atom stereocenters. The summed E-state index contributed by atoms with van der Waals surface area (Å²) in [6, 6.07) is 16.5. The molecule has 35 heavy (non-hydrogen) atoms. The van der Waals surface area contributed by atoms with Crippen molar-refractivity contribution in [1.29, 1.82) is 0 Å². The summed E-state index contributed by atoms with van der Waals surface area (Å²) in [7, 11) is 1.74. The van der Waals surface area contributed by atoms with Crippen LogP contribution in [0.1, 0.15) is 71.4 Å². The molecule has 0 aromatic heterocycles. The van der Waals surface area contributed by atoms with Gasteiger partial charge in [0.1, 0.15) is 11.5 Å². The van der Waals surface area contributed by atoms with Crippen LogP contribution in [0, 0.1) is 5.92 Å². The van der Waals surface area contributed by atoms with Crippen LogP contribution in [-0.4, -0.2) is 43.3 Å². The van der Waals surface area contributed by atoms with Crippen LogP contribution in [0.4, 0.5) is 0 Å². The van der Waals surface area contributed by atoms with Crippen molar-refractivity contribution in [2.24, 2.45) is 5.92 Å². The molecule has 0 unspecified atom stereocenters. The molecule has 5 nitrogen and oxygen atoms in total. The number of hydrogen-bond acceptors (Lipinski definition) is 4. The van der Waals surface area contributed by atoms with Crippen LogP contribution in [0.3, 0.4) is 0 Å². The fourth-order valence-corrected chi connectivity index (χ4v) is 5.10. The SMILES string of the molecule is CCC(=O)N(CC[C@@]1(c2ccccc2OC)CCO[C@H](C(C)C)C1)Cc1ccc(OC(C)C)cc1. The molecule has 2 aromatic rings. The second-order valence-electron chi connectivity index (χ2n) is 10.3. The molecular weight excluding hydrogens is 438 g/mol. The average Bonchev–Trinajstić information content (AvgIpc) is 2.86. The summed E-state index contributed by atoms with van der Waals surface area (Å²) >= 11 is 0. The smallest absolute Gasteiger partial charge is 0.222 e. The van der Waals surface area contributed by atoms with E-state index < -0.39 is 0 Å². The molecule has 3 rings (SSSR count). The predicted octanol–water partition coefficient (Wildman–Crippen LogP) is 6.38. The van der Waals surface area contributed by atoms with Gasteiger partial charge < -0.3 is 19.1 Å². The Morgan fingerprint density at radius 3 is 2.46 bits per heavy atom. The van der Waals surface area contributed by atoms with Gasteiger partial charge in [0.15, 0.2) is 0 Å². The highest BCUT2D eigenvalue weighted by Crippen LogP contribution is 2.45. The van der Waals surface area contributed by atoms with Crippen molar-refractivity contribution in [3.63, 3.8) is 0 Å². The van der Waals surface area contributed by atoms with Crippen molar-refractivity contribution >= 4 is 5.91 Å². The fraction of sp³-hybridized carbons (Fsp3) is 0.567. The van der Waals surface area contributed by atoms with Crippen LogP contribution in [0.5, 0.6) is 11.5 Å². The molecule has 2 aromatic carbocycles. The van der Waals surface area contributed by atoms with Crippen LogP contribution in [-0.2, 0) is 21.5 Å². The van der Waals surface area contributed by atoms with Crippen LogP contribution in [0.15, 0.2) is 48.5 Å². The van der Waals surface area contributed by atoms with Gasteiger partial charge in [-0.3, -0.25) is 4.79 Å². The molecule has 1 aliphatic rings. The predicted molar refractivity (Wildman–Crippen MR) is 141 cm³/mol. The van der Waals surface area contributed by atoms with E-state index in [-0.39, 0.29) is 23.5 Å². The molecule has 5 heteroatoms. The molecule has 192 valence electrons. The Morgan fingerprint density at radius 1 is 1.11 bits per heavy atom. The van der Waals surface area contributed by atoms with Gasteiger partial charge in [-0.15, -0.1) is 0 Å². The van der Waals surface area contributed by atoms with Crippen LogP contribution >= 0.6 is 0 Å². The fourth-order valence-electron chi connectivity index (χ4n) is 5.10. The average molecular weight is 482 g/mol. The maximum atomic E-state index is 13.0. The Labute approximate surface area is 211 Å². The monoisotopic (exact) mass is 481 g/mol. The van der Waals surface area contributed by atoms with Crippen molar-refractivity contribution in [3.8, 4) is 11.5 Å². The van der Waals surface area contributed by atoms with E-state index in [1.54, 1.807) is 7.11 Å². The minimum absolute atomic E-state index is 0.0962. The lowest BCUT2D eigenvalue weighted by Crippen LogP contribution is -2.44. The quantitative estimate of drug-likeness (QED) is 0.373. The van der Waals surface area contributed by atoms with E-state index in [0.29, 0.717) is 25.4 Å². The van der Waals surface area contributed by atoms with Gasteiger partial charge in [-0.2, -0.15) is 0 Å². The van der Waals surface area contributed by atoms with E-state index in [0.717, 1.165) is 42.9 Å². The van der Waals surface area contributed by atoms with E-state index in [1.165, 1.54) is 5.56 Å². The summed E-state index contributed by atoms with van der Waals surface area (Å²) in [4.78, 5) is 15.0. The Bertz CT molecular complexity index is 940. The summed E-state index contributed by atoms with van der Waals surface area (Å²) < 4.78 is 17.7. The first-order valence-corrected chi connectivity index (χ1v) is 13.1. The molecule has 0 saturated carbocycles. The molecule has 1 heterocycles. The third kappa shape index (κ3) is 7.00. The Balaban J connectivity index is 1.84. The van der Waals surface area contributed by atoms with Gasteiger partial charge in [0.05, 0.1) is 19.3 Å². The zero-order chi connectivity index (χ0) is 25.4. The zero-order valence-electron chi connectivity index (χ0n) is 22.4. The van der Waals surface area contributed by atoms with Gasteiger partial charge in [-0.1, -0.05) is 51.1 Å². The van der Waals surface area contributed by atoms with Gasteiger partial charge in [-0.25, -0.2) is 0 Å².